The van der Waals surface area contributed by atoms with Gasteiger partial charge >= 0.3 is 5.97 Å². The van der Waals surface area contributed by atoms with Crippen LogP contribution in [0.25, 0.3) is 5.69 Å². The Bertz CT molecular complexity index is 827. The van der Waals surface area contributed by atoms with Crippen molar-refractivity contribution in [3.8, 4) is 5.69 Å². The Labute approximate surface area is 153 Å². The van der Waals surface area contributed by atoms with E-state index in [9.17, 15) is 4.79 Å². The number of rotatable bonds is 9. The van der Waals surface area contributed by atoms with Gasteiger partial charge < -0.3 is 10.4 Å². The summed E-state index contributed by atoms with van der Waals surface area (Å²) in [6.07, 6.45) is 5.39. The van der Waals surface area contributed by atoms with Crippen LogP contribution in [-0.2, 0) is 24.3 Å². The van der Waals surface area contributed by atoms with Gasteiger partial charge in [-0.05, 0) is 47.7 Å². The maximum atomic E-state index is 10.6. The molecule has 0 amide bonds. The van der Waals surface area contributed by atoms with Gasteiger partial charge in [0, 0.05) is 31.9 Å². The number of carboxylic acids is 1. The van der Waals surface area contributed by atoms with Crippen LogP contribution in [0.5, 0.6) is 0 Å². The molecule has 0 fully saturated rings. The minimum Gasteiger partial charge on any atom is -0.481 e. The minimum absolute atomic E-state index is 0.219. The second kappa shape index (κ2) is 8.97. The van der Waals surface area contributed by atoms with E-state index in [4.69, 9.17) is 5.11 Å². The Kier molecular flexibility index (Phi) is 6.17. The lowest BCUT2D eigenvalue weighted by Crippen LogP contribution is -2.12. The number of benzene rings is 2. The van der Waals surface area contributed by atoms with E-state index in [-0.39, 0.29) is 6.42 Å². The van der Waals surface area contributed by atoms with Crippen LogP contribution >= 0.6 is 0 Å². The highest BCUT2D eigenvalue weighted by Crippen LogP contribution is 2.11. The number of hydrogen-bond donors (Lipinski definition) is 2. The molecule has 1 aromatic heterocycles. The van der Waals surface area contributed by atoms with Crippen molar-refractivity contribution in [3.05, 3.63) is 83.7 Å². The van der Waals surface area contributed by atoms with E-state index in [1.165, 1.54) is 16.7 Å². The normalized spacial score (nSPS) is 10.8. The van der Waals surface area contributed by atoms with Gasteiger partial charge in [-0.3, -0.25) is 4.79 Å². The van der Waals surface area contributed by atoms with E-state index >= 15 is 0 Å². The van der Waals surface area contributed by atoms with Gasteiger partial charge in [0.25, 0.3) is 0 Å². The lowest BCUT2D eigenvalue weighted by atomic mass is 10.1. The summed E-state index contributed by atoms with van der Waals surface area (Å²) in [5, 5.41) is 16.4. The van der Waals surface area contributed by atoms with Crippen molar-refractivity contribution in [2.24, 2.45) is 0 Å². The van der Waals surface area contributed by atoms with Crippen LogP contribution in [0, 0.1) is 0 Å². The predicted octanol–water partition coefficient (Wildman–Crippen LogP) is 3.57. The van der Waals surface area contributed by atoms with Gasteiger partial charge in [0.15, 0.2) is 0 Å². The quantitative estimate of drug-likeness (QED) is 0.620. The third-order valence-corrected chi connectivity index (χ3v) is 4.21. The Morgan fingerprint density at radius 1 is 1.00 bits per heavy atom. The fourth-order valence-electron chi connectivity index (χ4n) is 2.88. The van der Waals surface area contributed by atoms with Gasteiger partial charge in [0.1, 0.15) is 0 Å². The minimum atomic E-state index is -0.735. The van der Waals surface area contributed by atoms with Crippen molar-refractivity contribution in [2.45, 2.75) is 32.4 Å². The molecule has 0 saturated heterocycles. The zero-order valence-corrected chi connectivity index (χ0v) is 14.6. The van der Waals surface area contributed by atoms with Crippen molar-refractivity contribution in [3.63, 3.8) is 0 Å². The summed E-state index contributed by atoms with van der Waals surface area (Å²) >= 11 is 0. The fraction of sp³-hybridized carbons (Fsp3) is 0.238. The first kappa shape index (κ1) is 17.9. The second-order valence-electron chi connectivity index (χ2n) is 6.29. The molecular formula is C21H23N3O2. The SMILES string of the molecule is O=C(O)CCCc1cccc(CNCc2ccc(-n3cccn3)cc2)c1. The number of aliphatic carboxylic acids is 1. The van der Waals surface area contributed by atoms with E-state index in [2.05, 4.69) is 52.9 Å². The van der Waals surface area contributed by atoms with Crippen LogP contribution in [0.4, 0.5) is 0 Å². The highest BCUT2D eigenvalue weighted by Gasteiger charge is 2.01. The number of carbonyl (C=O) groups is 1. The van der Waals surface area contributed by atoms with Gasteiger partial charge in [0.2, 0.25) is 0 Å². The number of nitrogens with one attached hydrogen (secondary N) is 1. The van der Waals surface area contributed by atoms with E-state index in [1.54, 1.807) is 6.20 Å². The lowest BCUT2D eigenvalue weighted by Gasteiger charge is -2.08. The molecular weight excluding hydrogens is 326 g/mol. The summed E-state index contributed by atoms with van der Waals surface area (Å²) in [7, 11) is 0. The highest BCUT2D eigenvalue weighted by molar-refractivity contribution is 5.66. The third kappa shape index (κ3) is 5.29. The van der Waals surface area contributed by atoms with Crippen LogP contribution in [0.3, 0.4) is 0 Å². The molecule has 0 spiro atoms. The van der Waals surface area contributed by atoms with Gasteiger partial charge in [-0.15, -0.1) is 0 Å². The van der Waals surface area contributed by atoms with Crippen LogP contribution in [0.15, 0.2) is 67.0 Å². The molecule has 134 valence electrons. The second-order valence-corrected chi connectivity index (χ2v) is 6.29. The number of hydrogen-bond acceptors (Lipinski definition) is 3. The fourth-order valence-corrected chi connectivity index (χ4v) is 2.88. The summed E-state index contributed by atoms with van der Waals surface area (Å²) in [5.74, 6) is -0.735. The average Bonchev–Trinajstić information content (AvgIpc) is 3.17. The van der Waals surface area contributed by atoms with Gasteiger partial charge in [-0.2, -0.15) is 5.10 Å². The summed E-state index contributed by atoms with van der Waals surface area (Å²) in [4.78, 5) is 10.6. The maximum Gasteiger partial charge on any atom is 0.303 e. The van der Waals surface area contributed by atoms with Crippen LogP contribution in [-0.4, -0.2) is 20.9 Å². The first-order chi connectivity index (χ1) is 12.7. The molecule has 2 N–H and O–H groups in total. The zero-order valence-electron chi connectivity index (χ0n) is 14.6. The predicted molar refractivity (Wildman–Crippen MR) is 101 cm³/mol. The molecule has 1 heterocycles. The molecule has 0 saturated carbocycles. The van der Waals surface area contributed by atoms with Crippen molar-refractivity contribution in [2.75, 3.05) is 0 Å². The first-order valence-corrected chi connectivity index (χ1v) is 8.80. The molecule has 0 aliphatic rings. The van der Waals surface area contributed by atoms with E-state index in [0.29, 0.717) is 6.42 Å². The summed E-state index contributed by atoms with van der Waals surface area (Å²) in [6.45, 7) is 1.58. The molecule has 26 heavy (non-hydrogen) atoms. The molecule has 3 aromatic rings. The number of aryl methyl sites for hydroxylation is 1. The summed E-state index contributed by atoms with van der Waals surface area (Å²) in [6, 6.07) is 18.6. The summed E-state index contributed by atoms with van der Waals surface area (Å²) in [5.41, 5.74) is 4.67. The van der Waals surface area contributed by atoms with Crippen LogP contribution in [0.1, 0.15) is 29.5 Å². The molecule has 3 rings (SSSR count). The monoisotopic (exact) mass is 349 g/mol. The van der Waals surface area contributed by atoms with Crippen LogP contribution < -0.4 is 5.32 Å². The van der Waals surface area contributed by atoms with E-state index < -0.39 is 5.97 Å². The number of nitrogens with zero attached hydrogens (tertiary/aromatic N) is 2. The first-order valence-electron chi connectivity index (χ1n) is 8.80. The Balaban J connectivity index is 1.48. The van der Waals surface area contributed by atoms with Gasteiger partial charge in [-0.1, -0.05) is 36.4 Å². The number of carboxylic acid groups (broad SMARTS) is 1. The van der Waals surface area contributed by atoms with Crippen molar-refractivity contribution >= 4 is 5.97 Å². The van der Waals surface area contributed by atoms with Crippen molar-refractivity contribution in [1.29, 1.82) is 0 Å². The molecule has 5 nitrogen and oxygen atoms in total. The molecule has 0 atom stereocenters. The largest absolute Gasteiger partial charge is 0.481 e. The molecule has 5 heteroatoms. The average molecular weight is 349 g/mol. The molecule has 0 aliphatic carbocycles. The number of aromatic nitrogens is 2. The topological polar surface area (TPSA) is 67.2 Å². The van der Waals surface area contributed by atoms with Gasteiger partial charge in [-0.25, -0.2) is 4.68 Å². The van der Waals surface area contributed by atoms with Crippen molar-refractivity contribution < 1.29 is 9.90 Å². The Morgan fingerprint density at radius 3 is 2.50 bits per heavy atom. The molecule has 2 aromatic carbocycles. The smallest absolute Gasteiger partial charge is 0.303 e. The van der Waals surface area contributed by atoms with Crippen molar-refractivity contribution in [1.82, 2.24) is 15.1 Å². The van der Waals surface area contributed by atoms with E-state index in [1.807, 2.05) is 23.0 Å². The molecule has 0 aliphatic heterocycles. The molecule has 0 bridgehead atoms. The maximum absolute atomic E-state index is 10.6. The molecule has 0 unspecified atom stereocenters. The van der Waals surface area contributed by atoms with Gasteiger partial charge in [0.05, 0.1) is 5.69 Å². The zero-order chi connectivity index (χ0) is 18.2. The van der Waals surface area contributed by atoms with E-state index in [0.717, 1.165) is 25.2 Å². The standard InChI is InChI=1S/C21H23N3O2/c25-21(26)7-2-5-17-4-1-6-19(14-17)16-22-15-18-8-10-20(11-9-18)24-13-3-12-23-24/h1,3-4,6,8-14,22H,2,5,7,15-16H2,(H,25,26). The Morgan fingerprint density at radius 2 is 1.77 bits per heavy atom. The van der Waals surface area contributed by atoms with Crippen LogP contribution in [0.2, 0.25) is 0 Å². The Hall–Kier alpha value is -2.92. The highest BCUT2D eigenvalue weighted by atomic mass is 16.4. The molecule has 0 radical (unpaired) electrons. The summed E-state index contributed by atoms with van der Waals surface area (Å²) < 4.78 is 1.84. The third-order valence-electron chi connectivity index (χ3n) is 4.21. The lowest BCUT2D eigenvalue weighted by molar-refractivity contribution is -0.137.